The standard InChI is InChI=1S/C16H26N2O3/c1-12(2)18-10-16(11-21-8-15(18)20)5-6-17(9-16)14(19)7-13-3-4-13/h12-13H,3-11H2,1-2H3. The van der Waals surface area contributed by atoms with Gasteiger partial charge in [0.2, 0.25) is 11.8 Å². The van der Waals surface area contributed by atoms with Gasteiger partial charge in [-0.1, -0.05) is 0 Å². The Bertz CT molecular complexity index is 433. The maximum Gasteiger partial charge on any atom is 0.248 e. The number of carbonyl (C=O) groups is 2. The van der Waals surface area contributed by atoms with Crippen molar-refractivity contribution in [1.82, 2.24) is 9.80 Å². The molecule has 1 aliphatic carbocycles. The topological polar surface area (TPSA) is 49.9 Å². The van der Waals surface area contributed by atoms with Crippen molar-refractivity contribution in [3.63, 3.8) is 0 Å². The molecular formula is C16H26N2O3. The van der Waals surface area contributed by atoms with Crippen molar-refractivity contribution in [2.45, 2.75) is 45.6 Å². The van der Waals surface area contributed by atoms with E-state index in [4.69, 9.17) is 4.74 Å². The summed E-state index contributed by atoms with van der Waals surface area (Å²) in [4.78, 5) is 28.3. The fourth-order valence-corrected chi connectivity index (χ4v) is 3.50. The Hall–Kier alpha value is -1.10. The van der Waals surface area contributed by atoms with Crippen LogP contribution in [0.3, 0.4) is 0 Å². The molecule has 1 saturated carbocycles. The summed E-state index contributed by atoms with van der Waals surface area (Å²) in [6, 6.07) is 0.187. The van der Waals surface area contributed by atoms with E-state index in [0.717, 1.165) is 26.1 Å². The highest BCUT2D eigenvalue weighted by atomic mass is 16.5. The first-order valence-corrected chi connectivity index (χ1v) is 8.14. The third-order valence-corrected chi connectivity index (χ3v) is 5.03. The Morgan fingerprint density at radius 3 is 2.81 bits per heavy atom. The zero-order chi connectivity index (χ0) is 15.0. The average molecular weight is 294 g/mol. The van der Waals surface area contributed by atoms with Crippen molar-refractivity contribution in [3.05, 3.63) is 0 Å². The minimum atomic E-state index is -0.0599. The lowest BCUT2D eigenvalue weighted by Gasteiger charge is -2.34. The highest BCUT2D eigenvalue weighted by Crippen LogP contribution is 2.37. The van der Waals surface area contributed by atoms with Gasteiger partial charge >= 0.3 is 0 Å². The molecule has 21 heavy (non-hydrogen) atoms. The number of carbonyl (C=O) groups excluding carboxylic acids is 2. The van der Waals surface area contributed by atoms with E-state index in [1.807, 2.05) is 23.6 Å². The van der Waals surface area contributed by atoms with Crippen molar-refractivity contribution < 1.29 is 14.3 Å². The largest absolute Gasteiger partial charge is 0.371 e. The molecule has 5 nitrogen and oxygen atoms in total. The van der Waals surface area contributed by atoms with Gasteiger partial charge in [-0.25, -0.2) is 0 Å². The van der Waals surface area contributed by atoms with Gasteiger partial charge in [-0.2, -0.15) is 0 Å². The van der Waals surface area contributed by atoms with E-state index in [1.54, 1.807) is 0 Å². The molecule has 1 unspecified atom stereocenters. The summed E-state index contributed by atoms with van der Waals surface area (Å²) in [6.07, 6.45) is 4.08. The SMILES string of the molecule is CC(C)N1CC2(CCN(C(=O)CC3CC3)C2)COCC1=O. The summed E-state index contributed by atoms with van der Waals surface area (Å²) in [7, 11) is 0. The number of hydrogen-bond acceptors (Lipinski definition) is 3. The van der Waals surface area contributed by atoms with Crippen LogP contribution in [0.15, 0.2) is 0 Å². The first kappa shape index (κ1) is 14.8. The zero-order valence-electron chi connectivity index (χ0n) is 13.1. The van der Waals surface area contributed by atoms with Crippen LogP contribution in [0.25, 0.3) is 0 Å². The number of hydrogen-bond donors (Lipinski definition) is 0. The van der Waals surface area contributed by atoms with Gasteiger partial charge in [0.15, 0.2) is 0 Å². The molecule has 2 heterocycles. The molecule has 118 valence electrons. The van der Waals surface area contributed by atoms with Crippen LogP contribution in [0, 0.1) is 11.3 Å². The van der Waals surface area contributed by atoms with E-state index >= 15 is 0 Å². The van der Waals surface area contributed by atoms with Crippen LogP contribution in [0.5, 0.6) is 0 Å². The molecule has 2 aliphatic heterocycles. The molecule has 5 heteroatoms. The lowest BCUT2D eigenvalue weighted by atomic mass is 9.87. The van der Waals surface area contributed by atoms with Gasteiger partial charge in [0.25, 0.3) is 0 Å². The maximum atomic E-state index is 12.3. The van der Waals surface area contributed by atoms with Crippen molar-refractivity contribution >= 4 is 11.8 Å². The van der Waals surface area contributed by atoms with Crippen molar-refractivity contribution in [2.24, 2.45) is 11.3 Å². The van der Waals surface area contributed by atoms with Crippen LogP contribution < -0.4 is 0 Å². The van der Waals surface area contributed by atoms with Crippen LogP contribution in [0.4, 0.5) is 0 Å². The van der Waals surface area contributed by atoms with E-state index in [0.29, 0.717) is 24.9 Å². The molecule has 3 rings (SSSR count). The van der Waals surface area contributed by atoms with Crippen LogP contribution in [-0.2, 0) is 14.3 Å². The lowest BCUT2D eigenvalue weighted by Crippen LogP contribution is -2.46. The Morgan fingerprint density at radius 2 is 2.14 bits per heavy atom. The fraction of sp³-hybridized carbons (Fsp3) is 0.875. The second kappa shape index (κ2) is 5.59. The normalized spacial score (nSPS) is 30.3. The number of ether oxygens (including phenoxy) is 1. The fourth-order valence-electron chi connectivity index (χ4n) is 3.50. The van der Waals surface area contributed by atoms with Crippen LogP contribution in [0.1, 0.15) is 39.5 Å². The average Bonchev–Trinajstić information content (AvgIpc) is 3.16. The van der Waals surface area contributed by atoms with Gasteiger partial charge in [-0.05, 0) is 39.0 Å². The van der Waals surface area contributed by atoms with Crippen LogP contribution in [-0.4, -0.2) is 60.5 Å². The molecule has 1 spiro atoms. The Morgan fingerprint density at radius 1 is 1.38 bits per heavy atom. The number of amides is 2. The molecule has 0 N–H and O–H groups in total. The van der Waals surface area contributed by atoms with Crippen molar-refractivity contribution in [1.29, 1.82) is 0 Å². The number of nitrogens with zero attached hydrogens (tertiary/aromatic N) is 2. The number of likely N-dealkylation sites (tertiary alicyclic amines) is 1. The minimum Gasteiger partial charge on any atom is -0.371 e. The van der Waals surface area contributed by atoms with Gasteiger partial charge in [0.1, 0.15) is 6.61 Å². The predicted molar refractivity (Wildman–Crippen MR) is 78.6 cm³/mol. The van der Waals surface area contributed by atoms with E-state index in [1.165, 1.54) is 12.8 Å². The van der Waals surface area contributed by atoms with Gasteiger partial charge in [0.05, 0.1) is 6.61 Å². The molecular weight excluding hydrogens is 268 g/mol. The number of rotatable bonds is 3. The summed E-state index contributed by atoms with van der Waals surface area (Å²) in [5.41, 5.74) is -0.0599. The first-order valence-electron chi connectivity index (χ1n) is 8.14. The molecule has 0 bridgehead atoms. The molecule has 0 aromatic heterocycles. The van der Waals surface area contributed by atoms with E-state index in [2.05, 4.69) is 0 Å². The molecule has 2 amide bonds. The van der Waals surface area contributed by atoms with Gasteiger partial charge < -0.3 is 14.5 Å². The molecule has 0 radical (unpaired) electrons. The maximum absolute atomic E-state index is 12.3. The van der Waals surface area contributed by atoms with Crippen molar-refractivity contribution in [3.8, 4) is 0 Å². The summed E-state index contributed by atoms with van der Waals surface area (Å²) >= 11 is 0. The van der Waals surface area contributed by atoms with Gasteiger partial charge in [-0.3, -0.25) is 9.59 Å². The molecule has 1 atom stereocenters. The Labute approximate surface area is 126 Å². The summed E-state index contributed by atoms with van der Waals surface area (Å²) < 4.78 is 5.62. The van der Waals surface area contributed by atoms with Crippen LogP contribution >= 0.6 is 0 Å². The quantitative estimate of drug-likeness (QED) is 0.787. The first-order chi connectivity index (χ1) is 9.99. The predicted octanol–water partition coefficient (Wildman–Crippen LogP) is 1.27. The smallest absolute Gasteiger partial charge is 0.248 e. The Balaban J connectivity index is 1.66. The summed E-state index contributed by atoms with van der Waals surface area (Å²) in [5.74, 6) is 0.999. The second-order valence-corrected chi connectivity index (χ2v) is 7.32. The third kappa shape index (κ3) is 3.23. The minimum absolute atomic E-state index is 0.0599. The third-order valence-electron chi connectivity index (χ3n) is 5.03. The van der Waals surface area contributed by atoms with E-state index in [9.17, 15) is 9.59 Å². The lowest BCUT2D eigenvalue weighted by molar-refractivity contribution is -0.135. The summed E-state index contributed by atoms with van der Waals surface area (Å²) in [6.45, 7) is 7.13. The summed E-state index contributed by atoms with van der Waals surface area (Å²) in [5, 5.41) is 0. The molecule has 3 aliphatic rings. The molecule has 0 aromatic carbocycles. The van der Waals surface area contributed by atoms with E-state index in [-0.39, 0.29) is 24.0 Å². The zero-order valence-corrected chi connectivity index (χ0v) is 13.1. The molecule has 0 aromatic rings. The highest BCUT2D eigenvalue weighted by molar-refractivity contribution is 5.78. The van der Waals surface area contributed by atoms with Gasteiger partial charge in [-0.15, -0.1) is 0 Å². The van der Waals surface area contributed by atoms with E-state index < -0.39 is 0 Å². The Kier molecular flexibility index (Phi) is 3.95. The second-order valence-electron chi connectivity index (χ2n) is 7.32. The van der Waals surface area contributed by atoms with Crippen molar-refractivity contribution in [2.75, 3.05) is 32.8 Å². The molecule has 2 saturated heterocycles. The molecule has 3 fully saturated rings. The highest BCUT2D eigenvalue weighted by Gasteiger charge is 2.44. The van der Waals surface area contributed by atoms with Gasteiger partial charge in [0, 0.05) is 37.5 Å². The van der Waals surface area contributed by atoms with Crippen LogP contribution in [0.2, 0.25) is 0 Å². The monoisotopic (exact) mass is 294 g/mol.